The fraction of sp³-hybridized carbons (Fsp3) is 0.200. The molecule has 118 valence electrons. The number of rotatable bonds is 5. The van der Waals surface area contributed by atoms with Crippen LogP contribution in [0.1, 0.15) is 12.5 Å². The summed E-state index contributed by atoms with van der Waals surface area (Å²) in [4.78, 5) is 0.0671. The van der Waals surface area contributed by atoms with Gasteiger partial charge in [0.1, 0.15) is 10.6 Å². The molecule has 0 aliphatic rings. The molecule has 0 aromatic heterocycles. The lowest BCUT2D eigenvalue weighted by molar-refractivity contribution is 0.338. The molecule has 5 nitrogen and oxygen atoms in total. The zero-order chi connectivity index (χ0) is 16.3. The van der Waals surface area contributed by atoms with Crippen molar-refractivity contribution in [2.24, 2.45) is 0 Å². The molecule has 0 saturated heterocycles. The number of aryl methyl sites for hydroxylation is 1. The average molecular weight is 385 g/mol. The highest BCUT2D eigenvalue weighted by Crippen LogP contribution is 2.30. The fourth-order valence-electron chi connectivity index (χ4n) is 1.92. The summed E-state index contributed by atoms with van der Waals surface area (Å²) in [6.07, 6.45) is 0. The van der Waals surface area contributed by atoms with Gasteiger partial charge >= 0.3 is 0 Å². The molecule has 0 saturated carbocycles. The number of anilines is 2. The molecule has 0 aliphatic heterocycles. The highest BCUT2D eigenvalue weighted by atomic mass is 79.9. The van der Waals surface area contributed by atoms with Crippen molar-refractivity contribution in [2.75, 3.05) is 17.1 Å². The van der Waals surface area contributed by atoms with Gasteiger partial charge in [0.15, 0.2) is 0 Å². The number of nitrogen functional groups attached to an aromatic ring is 1. The standard InChI is InChI=1S/C15H17BrN2O3S/c1-3-21-14-7-5-11(9-12(14)16)18-22(19,20)15-8-10(2)4-6-13(15)17/h4-9,18H,3,17H2,1-2H3. The van der Waals surface area contributed by atoms with E-state index in [0.29, 0.717) is 22.5 Å². The van der Waals surface area contributed by atoms with E-state index in [1.807, 2.05) is 13.8 Å². The summed E-state index contributed by atoms with van der Waals surface area (Å²) in [5, 5.41) is 0. The normalized spacial score (nSPS) is 11.2. The summed E-state index contributed by atoms with van der Waals surface area (Å²) in [5.74, 6) is 0.653. The Labute approximate surface area is 138 Å². The third-order valence-corrected chi connectivity index (χ3v) is 5.00. The van der Waals surface area contributed by atoms with Gasteiger partial charge in [0.25, 0.3) is 10.0 Å². The summed E-state index contributed by atoms with van der Waals surface area (Å²) in [6.45, 7) is 4.22. The Bertz CT molecular complexity index is 791. The molecule has 0 aliphatic carbocycles. The molecule has 0 heterocycles. The minimum atomic E-state index is -3.75. The van der Waals surface area contributed by atoms with Gasteiger partial charge in [0.2, 0.25) is 0 Å². The Hall–Kier alpha value is -1.73. The molecule has 7 heteroatoms. The van der Waals surface area contributed by atoms with E-state index in [1.54, 1.807) is 36.4 Å². The number of halogens is 1. The van der Waals surface area contributed by atoms with Gasteiger partial charge in [-0.15, -0.1) is 0 Å². The first-order chi connectivity index (χ1) is 10.3. The molecule has 0 unspecified atom stereocenters. The molecule has 0 spiro atoms. The van der Waals surface area contributed by atoms with Crippen LogP contribution in [-0.4, -0.2) is 15.0 Å². The summed E-state index contributed by atoms with van der Waals surface area (Å²) >= 11 is 3.35. The van der Waals surface area contributed by atoms with Crippen molar-refractivity contribution in [3.8, 4) is 5.75 Å². The first-order valence-electron chi connectivity index (χ1n) is 6.65. The van der Waals surface area contributed by atoms with E-state index < -0.39 is 10.0 Å². The Morgan fingerprint density at radius 2 is 1.95 bits per heavy atom. The maximum absolute atomic E-state index is 12.5. The van der Waals surface area contributed by atoms with Crippen LogP contribution in [0.2, 0.25) is 0 Å². The van der Waals surface area contributed by atoms with E-state index in [9.17, 15) is 8.42 Å². The summed E-state index contributed by atoms with van der Waals surface area (Å²) in [7, 11) is -3.75. The third-order valence-electron chi connectivity index (χ3n) is 2.94. The Morgan fingerprint density at radius 1 is 1.23 bits per heavy atom. The monoisotopic (exact) mass is 384 g/mol. The molecule has 0 fully saturated rings. The maximum Gasteiger partial charge on any atom is 0.263 e. The lowest BCUT2D eigenvalue weighted by atomic mass is 10.2. The van der Waals surface area contributed by atoms with Crippen LogP contribution in [0.4, 0.5) is 11.4 Å². The van der Waals surface area contributed by atoms with Gasteiger partial charge in [-0.1, -0.05) is 6.07 Å². The number of nitrogens with one attached hydrogen (secondary N) is 1. The molecule has 3 N–H and O–H groups in total. The number of ether oxygens (including phenoxy) is 1. The third kappa shape index (κ3) is 3.72. The lowest BCUT2D eigenvalue weighted by Crippen LogP contribution is -2.15. The largest absolute Gasteiger partial charge is 0.493 e. The van der Waals surface area contributed by atoms with E-state index in [0.717, 1.165) is 5.56 Å². The SMILES string of the molecule is CCOc1ccc(NS(=O)(=O)c2cc(C)ccc2N)cc1Br. The zero-order valence-electron chi connectivity index (χ0n) is 12.3. The second kappa shape index (κ2) is 6.58. The van der Waals surface area contributed by atoms with E-state index in [4.69, 9.17) is 10.5 Å². The summed E-state index contributed by atoms with van der Waals surface area (Å²) in [6, 6.07) is 9.87. The zero-order valence-corrected chi connectivity index (χ0v) is 14.7. The molecule has 22 heavy (non-hydrogen) atoms. The Morgan fingerprint density at radius 3 is 2.59 bits per heavy atom. The van der Waals surface area contributed by atoms with Crippen molar-refractivity contribution in [2.45, 2.75) is 18.7 Å². The van der Waals surface area contributed by atoms with Crippen molar-refractivity contribution in [3.05, 3.63) is 46.4 Å². The van der Waals surface area contributed by atoms with Gasteiger partial charge in [-0.2, -0.15) is 0 Å². The van der Waals surface area contributed by atoms with Crippen LogP contribution < -0.4 is 15.2 Å². The lowest BCUT2D eigenvalue weighted by Gasteiger charge is -2.12. The van der Waals surface area contributed by atoms with Crippen molar-refractivity contribution in [3.63, 3.8) is 0 Å². The van der Waals surface area contributed by atoms with Crippen molar-refractivity contribution in [1.82, 2.24) is 0 Å². The highest BCUT2D eigenvalue weighted by molar-refractivity contribution is 9.10. The van der Waals surface area contributed by atoms with Crippen LogP contribution >= 0.6 is 15.9 Å². The van der Waals surface area contributed by atoms with Crippen LogP contribution in [-0.2, 0) is 10.0 Å². The summed E-state index contributed by atoms with van der Waals surface area (Å²) < 4.78 is 33.5. The van der Waals surface area contributed by atoms with Crippen molar-refractivity contribution in [1.29, 1.82) is 0 Å². The van der Waals surface area contributed by atoms with Crippen LogP contribution in [0.5, 0.6) is 5.75 Å². The molecule has 2 aromatic carbocycles. The summed E-state index contributed by atoms with van der Waals surface area (Å²) in [5.41, 5.74) is 7.23. The fourth-order valence-corrected chi connectivity index (χ4v) is 3.68. The minimum Gasteiger partial charge on any atom is -0.493 e. The number of nitrogens with two attached hydrogens (primary N) is 1. The maximum atomic E-state index is 12.5. The van der Waals surface area contributed by atoms with Crippen LogP contribution in [0, 0.1) is 6.92 Å². The number of sulfonamides is 1. The molecule has 0 bridgehead atoms. The number of hydrogen-bond acceptors (Lipinski definition) is 4. The molecular weight excluding hydrogens is 368 g/mol. The predicted octanol–water partition coefficient (Wildman–Crippen LogP) is 3.54. The molecule has 2 rings (SSSR count). The number of benzene rings is 2. The van der Waals surface area contributed by atoms with Crippen molar-refractivity contribution >= 4 is 37.3 Å². The van der Waals surface area contributed by atoms with Gasteiger partial charge < -0.3 is 10.5 Å². The first kappa shape index (κ1) is 16.6. The van der Waals surface area contributed by atoms with Crippen LogP contribution in [0.15, 0.2) is 45.8 Å². The first-order valence-corrected chi connectivity index (χ1v) is 8.92. The Balaban J connectivity index is 2.33. The van der Waals surface area contributed by atoms with Gasteiger partial charge in [-0.3, -0.25) is 4.72 Å². The molecule has 0 amide bonds. The second-order valence-electron chi connectivity index (χ2n) is 4.72. The highest BCUT2D eigenvalue weighted by Gasteiger charge is 2.18. The van der Waals surface area contributed by atoms with Crippen LogP contribution in [0.25, 0.3) is 0 Å². The smallest absolute Gasteiger partial charge is 0.263 e. The molecule has 2 aromatic rings. The van der Waals surface area contributed by atoms with Gasteiger partial charge in [-0.25, -0.2) is 8.42 Å². The quantitative estimate of drug-likeness (QED) is 0.772. The topological polar surface area (TPSA) is 81.4 Å². The van der Waals surface area contributed by atoms with Crippen molar-refractivity contribution < 1.29 is 13.2 Å². The predicted molar refractivity (Wildman–Crippen MR) is 91.7 cm³/mol. The Kier molecular flexibility index (Phi) is 4.97. The minimum absolute atomic E-state index is 0.0671. The van der Waals surface area contributed by atoms with Crippen LogP contribution in [0.3, 0.4) is 0 Å². The second-order valence-corrected chi connectivity index (χ2v) is 7.23. The van der Waals surface area contributed by atoms with Gasteiger partial charge in [0, 0.05) is 0 Å². The van der Waals surface area contributed by atoms with E-state index in [2.05, 4.69) is 20.7 Å². The number of hydrogen-bond donors (Lipinski definition) is 2. The molecule has 0 atom stereocenters. The average Bonchev–Trinajstić information content (AvgIpc) is 2.44. The molecular formula is C15H17BrN2O3S. The van der Waals surface area contributed by atoms with Gasteiger partial charge in [-0.05, 0) is 65.7 Å². The van der Waals surface area contributed by atoms with E-state index in [1.165, 1.54) is 0 Å². The van der Waals surface area contributed by atoms with E-state index in [-0.39, 0.29) is 10.6 Å². The van der Waals surface area contributed by atoms with E-state index >= 15 is 0 Å². The van der Waals surface area contributed by atoms with Gasteiger partial charge in [0.05, 0.1) is 22.5 Å². The molecule has 0 radical (unpaired) electrons.